The molecule has 11 heavy (non-hydrogen) atoms. The maximum atomic E-state index is 10.1. The van der Waals surface area contributed by atoms with E-state index in [0.717, 1.165) is 25.3 Å². The van der Waals surface area contributed by atoms with E-state index in [1.807, 2.05) is 0 Å². The molecule has 0 aromatic rings. The molecule has 0 unspecified atom stereocenters. The fourth-order valence-corrected chi connectivity index (χ4v) is 1.01. The monoisotopic (exact) mass is 177 g/mol. The van der Waals surface area contributed by atoms with Gasteiger partial charge >= 0.3 is 5.97 Å². The molecule has 0 rings (SSSR count). The summed E-state index contributed by atoms with van der Waals surface area (Å²) in [4.78, 5) is 10.1. The SMILES string of the molecule is CSCCNCCCC(=O)O. The quantitative estimate of drug-likeness (QED) is 0.565. The van der Waals surface area contributed by atoms with Gasteiger partial charge in [0.2, 0.25) is 0 Å². The van der Waals surface area contributed by atoms with Crippen molar-refractivity contribution >= 4 is 17.7 Å². The van der Waals surface area contributed by atoms with Crippen molar-refractivity contribution in [1.29, 1.82) is 0 Å². The average Bonchev–Trinajstić information content (AvgIpc) is 1.96. The van der Waals surface area contributed by atoms with Crippen molar-refractivity contribution in [3.63, 3.8) is 0 Å². The Balaban J connectivity index is 2.85. The maximum Gasteiger partial charge on any atom is 0.303 e. The molecule has 3 nitrogen and oxygen atoms in total. The van der Waals surface area contributed by atoms with Crippen LogP contribution in [-0.2, 0) is 4.79 Å². The van der Waals surface area contributed by atoms with Gasteiger partial charge in [-0.3, -0.25) is 4.79 Å². The van der Waals surface area contributed by atoms with Crippen molar-refractivity contribution in [2.75, 3.05) is 25.1 Å². The first-order valence-corrected chi connectivity index (χ1v) is 5.08. The highest BCUT2D eigenvalue weighted by molar-refractivity contribution is 7.98. The van der Waals surface area contributed by atoms with Crippen LogP contribution in [0.1, 0.15) is 12.8 Å². The first-order chi connectivity index (χ1) is 5.27. The Labute approximate surface area is 71.6 Å². The Hall–Kier alpha value is -0.220. The molecule has 2 N–H and O–H groups in total. The standard InChI is InChI=1S/C7H15NO2S/c1-11-6-5-8-4-2-3-7(9)10/h8H,2-6H2,1H3,(H,9,10). The zero-order valence-corrected chi connectivity index (χ0v) is 7.62. The van der Waals surface area contributed by atoms with Gasteiger partial charge in [0.05, 0.1) is 0 Å². The lowest BCUT2D eigenvalue weighted by Crippen LogP contribution is -2.18. The molecule has 0 spiro atoms. The smallest absolute Gasteiger partial charge is 0.303 e. The minimum atomic E-state index is -0.711. The average molecular weight is 177 g/mol. The van der Waals surface area contributed by atoms with Crippen LogP contribution in [0.15, 0.2) is 0 Å². The molecular weight excluding hydrogens is 162 g/mol. The second-order valence-corrected chi connectivity index (χ2v) is 3.23. The summed E-state index contributed by atoms with van der Waals surface area (Å²) < 4.78 is 0. The maximum absolute atomic E-state index is 10.1. The molecule has 0 amide bonds. The number of aliphatic carboxylic acids is 1. The van der Waals surface area contributed by atoms with Crippen LogP contribution in [0, 0.1) is 0 Å². The number of hydrogen-bond acceptors (Lipinski definition) is 3. The minimum absolute atomic E-state index is 0.270. The number of hydrogen-bond donors (Lipinski definition) is 2. The predicted octanol–water partition coefficient (Wildman–Crippen LogP) is 0.804. The van der Waals surface area contributed by atoms with Gasteiger partial charge in [0, 0.05) is 18.7 Å². The van der Waals surface area contributed by atoms with Gasteiger partial charge in [0.25, 0.3) is 0 Å². The number of carboxylic acid groups (broad SMARTS) is 1. The highest BCUT2D eigenvalue weighted by atomic mass is 32.2. The van der Waals surface area contributed by atoms with Crippen LogP contribution in [-0.4, -0.2) is 36.2 Å². The van der Waals surface area contributed by atoms with E-state index in [2.05, 4.69) is 11.6 Å². The molecule has 0 bridgehead atoms. The van der Waals surface area contributed by atoms with Crippen molar-refractivity contribution in [2.24, 2.45) is 0 Å². The Morgan fingerprint density at radius 2 is 2.27 bits per heavy atom. The van der Waals surface area contributed by atoms with Crippen LogP contribution in [0.5, 0.6) is 0 Å². The number of rotatable bonds is 7. The summed E-state index contributed by atoms with van der Waals surface area (Å²) in [7, 11) is 0. The van der Waals surface area contributed by atoms with Crippen LogP contribution < -0.4 is 5.32 Å². The van der Waals surface area contributed by atoms with Gasteiger partial charge in [-0.1, -0.05) is 0 Å². The number of thioether (sulfide) groups is 1. The topological polar surface area (TPSA) is 49.3 Å². The lowest BCUT2D eigenvalue weighted by atomic mass is 10.3. The van der Waals surface area contributed by atoms with Crippen molar-refractivity contribution < 1.29 is 9.90 Å². The molecule has 0 aliphatic rings. The van der Waals surface area contributed by atoms with Crippen molar-refractivity contribution in [1.82, 2.24) is 5.32 Å². The van der Waals surface area contributed by atoms with Crippen LogP contribution >= 0.6 is 11.8 Å². The summed E-state index contributed by atoms with van der Waals surface area (Å²) in [6.07, 6.45) is 3.05. The molecule has 0 radical (unpaired) electrons. The molecule has 0 aliphatic heterocycles. The second kappa shape index (κ2) is 7.88. The zero-order chi connectivity index (χ0) is 8.53. The van der Waals surface area contributed by atoms with Gasteiger partial charge in [-0.25, -0.2) is 0 Å². The molecule has 0 aliphatic carbocycles. The molecular formula is C7H15NO2S. The first kappa shape index (κ1) is 10.8. The lowest BCUT2D eigenvalue weighted by Gasteiger charge is -2.00. The van der Waals surface area contributed by atoms with Crippen LogP contribution in [0.25, 0.3) is 0 Å². The van der Waals surface area contributed by atoms with E-state index >= 15 is 0 Å². The Morgan fingerprint density at radius 3 is 2.82 bits per heavy atom. The van der Waals surface area contributed by atoms with Crippen molar-refractivity contribution in [3.05, 3.63) is 0 Å². The fraction of sp³-hybridized carbons (Fsp3) is 0.857. The third kappa shape index (κ3) is 9.78. The minimum Gasteiger partial charge on any atom is -0.481 e. The van der Waals surface area contributed by atoms with Gasteiger partial charge in [-0.2, -0.15) is 11.8 Å². The third-order valence-electron chi connectivity index (χ3n) is 1.23. The van der Waals surface area contributed by atoms with Gasteiger partial charge in [-0.15, -0.1) is 0 Å². The van der Waals surface area contributed by atoms with E-state index in [1.54, 1.807) is 11.8 Å². The summed E-state index contributed by atoms with van der Waals surface area (Å²) in [6.45, 7) is 1.79. The first-order valence-electron chi connectivity index (χ1n) is 3.69. The van der Waals surface area contributed by atoms with E-state index < -0.39 is 5.97 Å². The summed E-state index contributed by atoms with van der Waals surface area (Å²) in [5.74, 6) is 0.379. The van der Waals surface area contributed by atoms with Gasteiger partial charge in [0.15, 0.2) is 0 Å². The van der Waals surface area contributed by atoms with Crippen molar-refractivity contribution in [2.45, 2.75) is 12.8 Å². The molecule has 0 atom stereocenters. The summed E-state index contributed by atoms with van der Waals surface area (Å²) in [5.41, 5.74) is 0. The van der Waals surface area contributed by atoms with E-state index in [4.69, 9.17) is 5.11 Å². The Morgan fingerprint density at radius 1 is 1.55 bits per heavy atom. The number of carbonyl (C=O) groups is 1. The summed E-state index contributed by atoms with van der Waals surface area (Å²) in [5, 5.41) is 11.4. The normalized spacial score (nSPS) is 9.91. The molecule has 4 heteroatoms. The van der Waals surface area contributed by atoms with E-state index in [-0.39, 0.29) is 6.42 Å². The number of nitrogens with one attached hydrogen (secondary N) is 1. The molecule has 0 saturated heterocycles. The largest absolute Gasteiger partial charge is 0.481 e. The predicted molar refractivity (Wildman–Crippen MR) is 48.1 cm³/mol. The number of carboxylic acids is 1. The second-order valence-electron chi connectivity index (χ2n) is 2.24. The zero-order valence-electron chi connectivity index (χ0n) is 6.80. The fourth-order valence-electron chi connectivity index (χ4n) is 0.664. The van der Waals surface area contributed by atoms with Crippen LogP contribution in [0.2, 0.25) is 0 Å². The summed E-state index contributed by atoms with van der Waals surface area (Å²) >= 11 is 1.79. The van der Waals surface area contributed by atoms with E-state index in [0.29, 0.717) is 0 Å². The highest BCUT2D eigenvalue weighted by Crippen LogP contribution is 1.89. The molecule has 0 heterocycles. The molecule has 0 saturated carbocycles. The highest BCUT2D eigenvalue weighted by Gasteiger charge is 1.94. The van der Waals surface area contributed by atoms with Gasteiger partial charge in [-0.05, 0) is 19.2 Å². The van der Waals surface area contributed by atoms with Gasteiger partial charge < -0.3 is 10.4 Å². The third-order valence-corrected chi connectivity index (χ3v) is 1.84. The van der Waals surface area contributed by atoms with Crippen LogP contribution in [0.4, 0.5) is 0 Å². The lowest BCUT2D eigenvalue weighted by molar-refractivity contribution is -0.137. The molecule has 66 valence electrons. The molecule has 0 aromatic carbocycles. The molecule has 0 fully saturated rings. The van der Waals surface area contributed by atoms with Crippen molar-refractivity contribution in [3.8, 4) is 0 Å². The Kier molecular flexibility index (Phi) is 7.72. The van der Waals surface area contributed by atoms with E-state index in [1.165, 1.54) is 0 Å². The van der Waals surface area contributed by atoms with E-state index in [9.17, 15) is 4.79 Å². The summed E-state index contributed by atoms with van der Waals surface area (Å²) in [6, 6.07) is 0. The molecule has 0 aromatic heterocycles. The Bertz CT molecular complexity index is 109. The van der Waals surface area contributed by atoms with Gasteiger partial charge in [0.1, 0.15) is 0 Å². The van der Waals surface area contributed by atoms with Crippen LogP contribution in [0.3, 0.4) is 0 Å².